The largest absolute Gasteiger partial charge is 0.469 e. The number of carbonyl (C=O) groups is 1. The van der Waals surface area contributed by atoms with E-state index < -0.39 is 0 Å². The predicted molar refractivity (Wildman–Crippen MR) is 94.8 cm³/mol. The van der Waals surface area contributed by atoms with Gasteiger partial charge in [0.05, 0.1) is 7.11 Å². The van der Waals surface area contributed by atoms with Crippen LogP contribution in [0.3, 0.4) is 0 Å². The molecular weight excluding hydrogens is 302 g/mol. The number of piperidine rings is 1. The number of hydrogen-bond donors (Lipinski definition) is 0. The third-order valence-electron chi connectivity index (χ3n) is 4.68. The number of esters is 1. The van der Waals surface area contributed by atoms with E-state index in [0.29, 0.717) is 12.5 Å². The van der Waals surface area contributed by atoms with Crippen molar-refractivity contribution in [3.63, 3.8) is 0 Å². The lowest BCUT2D eigenvalue weighted by Gasteiger charge is -2.35. The topological polar surface area (TPSA) is 38.8 Å². The molecule has 1 atom stereocenters. The summed E-state index contributed by atoms with van der Waals surface area (Å²) in [5, 5.41) is 4.44. The van der Waals surface area contributed by atoms with Crippen LogP contribution in [0.15, 0.2) is 42.5 Å². The van der Waals surface area contributed by atoms with Crippen LogP contribution in [0, 0.1) is 0 Å². The maximum atomic E-state index is 11.3. The van der Waals surface area contributed by atoms with Gasteiger partial charge < -0.3 is 9.57 Å². The Morgan fingerprint density at radius 2 is 2.00 bits per heavy atom. The average Bonchev–Trinajstić information content (AvgIpc) is 2.63. The minimum Gasteiger partial charge on any atom is -0.469 e. The van der Waals surface area contributed by atoms with Crippen LogP contribution in [0.1, 0.15) is 38.5 Å². The van der Waals surface area contributed by atoms with Gasteiger partial charge in [-0.15, -0.1) is 5.06 Å². The molecule has 0 bridgehead atoms. The molecule has 0 radical (unpaired) electrons. The van der Waals surface area contributed by atoms with E-state index in [2.05, 4.69) is 23.3 Å². The summed E-state index contributed by atoms with van der Waals surface area (Å²) in [7, 11) is 1.44. The molecule has 4 nitrogen and oxygen atoms in total. The molecule has 0 saturated carbocycles. The van der Waals surface area contributed by atoms with E-state index in [1.165, 1.54) is 18.9 Å². The van der Waals surface area contributed by atoms with Crippen LogP contribution < -0.4 is 4.84 Å². The lowest BCUT2D eigenvalue weighted by molar-refractivity contribution is -0.141. The Kier molecular flexibility index (Phi) is 5.70. The van der Waals surface area contributed by atoms with Crippen molar-refractivity contribution in [2.45, 2.75) is 44.6 Å². The Labute approximate surface area is 143 Å². The summed E-state index contributed by atoms with van der Waals surface area (Å²) in [6.45, 7) is 0.937. The molecule has 4 heteroatoms. The van der Waals surface area contributed by atoms with Crippen molar-refractivity contribution in [1.82, 2.24) is 5.06 Å². The molecule has 1 aliphatic rings. The summed E-state index contributed by atoms with van der Waals surface area (Å²) in [5.41, 5.74) is 0. The van der Waals surface area contributed by atoms with Gasteiger partial charge >= 0.3 is 5.97 Å². The summed E-state index contributed by atoms with van der Waals surface area (Å²) in [4.78, 5) is 17.6. The Bertz CT molecular complexity index is 680. The van der Waals surface area contributed by atoms with Gasteiger partial charge in [0, 0.05) is 24.4 Å². The zero-order valence-electron chi connectivity index (χ0n) is 14.2. The standard InChI is InChI=1S/C20H25NO3/c1-23-20(22)14-7-11-17-10-4-5-15-21(17)24-19-13-6-9-16-8-2-3-12-18(16)19/h2-3,6,8-9,12-13,17H,4-5,7,10-11,14-15H2,1H3. The van der Waals surface area contributed by atoms with Crippen molar-refractivity contribution >= 4 is 16.7 Å². The molecule has 2 aromatic rings. The minimum atomic E-state index is -0.132. The molecule has 1 fully saturated rings. The molecule has 0 aliphatic carbocycles. The first-order chi connectivity index (χ1) is 11.8. The van der Waals surface area contributed by atoms with Crippen LogP contribution >= 0.6 is 0 Å². The lowest BCUT2D eigenvalue weighted by atomic mass is 9.99. The predicted octanol–water partition coefficient (Wildman–Crippen LogP) is 4.33. The molecule has 0 spiro atoms. The fourth-order valence-corrected chi connectivity index (χ4v) is 3.37. The summed E-state index contributed by atoms with van der Waals surface area (Å²) in [5.74, 6) is 0.778. The van der Waals surface area contributed by atoms with E-state index in [1.807, 2.05) is 24.3 Å². The zero-order valence-corrected chi connectivity index (χ0v) is 14.2. The van der Waals surface area contributed by atoms with Gasteiger partial charge in [0.1, 0.15) is 0 Å². The molecule has 3 rings (SSSR count). The quantitative estimate of drug-likeness (QED) is 0.740. The summed E-state index contributed by atoms with van der Waals surface area (Å²) >= 11 is 0. The second-order valence-corrected chi connectivity index (χ2v) is 6.33. The lowest BCUT2D eigenvalue weighted by Crippen LogP contribution is -2.41. The second-order valence-electron chi connectivity index (χ2n) is 6.33. The van der Waals surface area contributed by atoms with Crippen molar-refractivity contribution in [2.75, 3.05) is 13.7 Å². The van der Waals surface area contributed by atoms with Crippen LogP contribution in [0.2, 0.25) is 0 Å². The highest BCUT2D eigenvalue weighted by Crippen LogP contribution is 2.29. The Morgan fingerprint density at radius 3 is 2.88 bits per heavy atom. The number of ether oxygens (including phenoxy) is 1. The van der Waals surface area contributed by atoms with Gasteiger partial charge in [-0.25, -0.2) is 0 Å². The molecule has 24 heavy (non-hydrogen) atoms. The Hall–Kier alpha value is -2.07. The number of hydrogen-bond acceptors (Lipinski definition) is 4. The van der Waals surface area contributed by atoms with Gasteiger partial charge in [0.25, 0.3) is 0 Å². The van der Waals surface area contributed by atoms with Crippen LogP contribution in [-0.4, -0.2) is 30.7 Å². The van der Waals surface area contributed by atoms with Gasteiger partial charge in [-0.1, -0.05) is 42.8 Å². The van der Waals surface area contributed by atoms with E-state index in [4.69, 9.17) is 9.57 Å². The first-order valence-electron chi connectivity index (χ1n) is 8.77. The van der Waals surface area contributed by atoms with Crippen LogP contribution in [0.5, 0.6) is 5.75 Å². The van der Waals surface area contributed by atoms with Crippen LogP contribution in [0.4, 0.5) is 0 Å². The van der Waals surface area contributed by atoms with E-state index in [0.717, 1.165) is 43.4 Å². The number of rotatable bonds is 6. The van der Waals surface area contributed by atoms with E-state index in [-0.39, 0.29) is 5.97 Å². The molecule has 1 unspecified atom stereocenters. The summed E-state index contributed by atoms with van der Waals surface area (Å²) in [6, 6.07) is 14.8. The first-order valence-corrected chi connectivity index (χ1v) is 8.77. The fraction of sp³-hybridized carbons (Fsp3) is 0.450. The molecule has 0 N–H and O–H groups in total. The van der Waals surface area contributed by atoms with Crippen LogP contribution in [-0.2, 0) is 9.53 Å². The summed E-state index contributed by atoms with van der Waals surface area (Å²) < 4.78 is 4.73. The van der Waals surface area contributed by atoms with Gasteiger partial charge in [0.2, 0.25) is 0 Å². The molecule has 0 aromatic heterocycles. The molecule has 1 heterocycles. The zero-order chi connectivity index (χ0) is 16.8. The van der Waals surface area contributed by atoms with Crippen molar-refractivity contribution in [2.24, 2.45) is 0 Å². The Morgan fingerprint density at radius 1 is 1.17 bits per heavy atom. The van der Waals surface area contributed by atoms with Crippen molar-refractivity contribution < 1.29 is 14.4 Å². The van der Waals surface area contributed by atoms with Crippen molar-refractivity contribution in [3.8, 4) is 5.75 Å². The van der Waals surface area contributed by atoms with Crippen LogP contribution in [0.25, 0.3) is 10.8 Å². The number of methoxy groups -OCH3 is 1. The highest BCUT2D eigenvalue weighted by atomic mass is 16.7. The normalized spacial score (nSPS) is 18.5. The molecule has 0 amide bonds. The van der Waals surface area contributed by atoms with E-state index >= 15 is 0 Å². The minimum absolute atomic E-state index is 0.132. The fourth-order valence-electron chi connectivity index (χ4n) is 3.37. The summed E-state index contributed by atoms with van der Waals surface area (Å²) in [6.07, 6.45) is 5.77. The van der Waals surface area contributed by atoms with Gasteiger partial charge in [-0.3, -0.25) is 4.79 Å². The number of carbonyl (C=O) groups excluding carboxylic acids is 1. The number of fused-ring (bicyclic) bond motifs is 1. The van der Waals surface area contributed by atoms with E-state index in [1.54, 1.807) is 0 Å². The maximum absolute atomic E-state index is 11.3. The molecule has 1 saturated heterocycles. The third kappa shape index (κ3) is 4.06. The maximum Gasteiger partial charge on any atom is 0.305 e. The Balaban J connectivity index is 1.68. The number of benzene rings is 2. The first kappa shape index (κ1) is 16.8. The molecule has 1 aliphatic heterocycles. The van der Waals surface area contributed by atoms with E-state index in [9.17, 15) is 4.79 Å². The molecule has 128 valence electrons. The highest BCUT2D eigenvalue weighted by Gasteiger charge is 2.24. The average molecular weight is 327 g/mol. The van der Waals surface area contributed by atoms with Crippen molar-refractivity contribution in [1.29, 1.82) is 0 Å². The third-order valence-corrected chi connectivity index (χ3v) is 4.68. The molecular formula is C20H25NO3. The monoisotopic (exact) mass is 327 g/mol. The second kappa shape index (κ2) is 8.15. The highest BCUT2D eigenvalue weighted by molar-refractivity contribution is 5.88. The van der Waals surface area contributed by atoms with Crippen molar-refractivity contribution in [3.05, 3.63) is 42.5 Å². The van der Waals surface area contributed by atoms with Gasteiger partial charge in [-0.2, -0.15) is 0 Å². The SMILES string of the molecule is COC(=O)CCCC1CCCCN1Oc1cccc2ccccc12. The van der Waals surface area contributed by atoms with Gasteiger partial charge in [-0.05, 0) is 37.1 Å². The smallest absolute Gasteiger partial charge is 0.305 e. The molecule has 2 aromatic carbocycles. The number of nitrogens with zero attached hydrogens (tertiary/aromatic N) is 1. The number of hydroxylamine groups is 2. The van der Waals surface area contributed by atoms with Gasteiger partial charge in [0.15, 0.2) is 5.75 Å².